The van der Waals surface area contributed by atoms with Gasteiger partial charge in [0, 0.05) is 15.8 Å². The first-order chi connectivity index (χ1) is 9.31. The van der Waals surface area contributed by atoms with Crippen molar-refractivity contribution in [3.05, 3.63) is 44.4 Å². The lowest BCUT2D eigenvalue weighted by atomic mass is 10.0. The van der Waals surface area contributed by atoms with Crippen LogP contribution in [-0.4, -0.2) is 4.98 Å². The first-order valence-electron chi connectivity index (χ1n) is 5.91. The average molecular weight is 365 g/mol. The van der Waals surface area contributed by atoms with Gasteiger partial charge in [0.1, 0.15) is 0 Å². The maximum atomic E-state index is 13.1. The molecular formula is C13H12BrF3N2S. The lowest BCUT2D eigenvalue weighted by Crippen LogP contribution is -2.09. The molecule has 2 nitrogen and oxygen atoms in total. The zero-order valence-corrected chi connectivity index (χ0v) is 13.0. The topological polar surface area (TPSA) is 38.9 Å². The number of halogens is 4. The van der Waals surface area contributed by atoms with E-state index in [9.17, 15) is 13.2 Å². The van der Waals surface area contributed by atoms with Crippen LogP contribution in [0.15, 0.2) is 22.7 Å². The van der Waals surface area contributed by atoms with Crippen LogP contribution in [-0.2, 0) is 19.0 Å². The molecule has 0 fully saturated rings. The van der Waals surface area contributed by atoms with Crippen molar-refractivity contribution in [3.8, 4) is 0 Å². The third kappa shape index (κ3) is 3.32. The summed E-state index contributed by atoms with van der Waals surface area (Å²) in [6.07, 6.45) is -3.53. The van der Waals surface area contributed by atoms with Crippen LogP contribution >= 0.6 is 27.3 Å². The van der Waals surface area contributed by atoms with E-state index in [1.54, 1.807) is 6.07 Å². The standard InChI is InChI=1S/C13H12BrF3N2S/c1-2-10-11(20-12(18)19-10)5-7-3-4-8(14)6-9(7)13(15,16)17/h3-4,6H,2,5H2,1H3,(H2,18,19). The molecule has 2 aromatic rings. The quantitative estimate of drug-likeness (QED) is 0.859. The molecule has 0 unspecified atom stereocenters. The molecule has 0 amide bonds. The SMILES string of the molecule is CCc1nc(N)sc1Cc1ccc(Br)cc1C(F)(F)F. The Balaban J connectivity index is 2.43. The van der Waals surface area contributed by atoms with E-state index in [0.717, 1.165) is 16.6 Å². The summed E-state index contributed by atoms with van der Waals surface area (Å²) in [4.78, 5) is 4.93. The van der Waals surface area contributed by atoms with Crippen molar-refractivity contribution in [2.45, 2.75) is 25.9 Å². The molecule has 0 saturated carbocycles. The number of alkyl halides is 3. The number of anilines is 1. The van der Waals surface area contributed by atoms with E-state index in [1.165, 1.54) is 17.4 Å². The Labute approximate surface area is 127 Å². The highest BCUT2D eigenvalue weighted by Crippen LogP contribution is 2.36. The number of aromatic nitrogens is 1. The van der Waals surface area contributed by atoms with Crippen molar-refractivity contribution < 1.29 is 13.2 Å². The molecule has 0 spiro atoms. The third-order valence-corrected chi connectivity index (χ3v) is 4.28. The molecule has 1 aromatic heterocycles. The van der Waals surface area contributed by atoms with Gasteiger partial charge in [0.25, 0.3) is 0 Å². The Morgan fingerprint density at radius 1 is 1.35 bits per heavy atom. The van der Waals surface area contributed by atoms with Crippen LogP contribution in [0.2, 0.25) is 0 Å². The summed E-state index contributed by atoms with van der Waals surface area (Å²) in [6.45, 7) is 1.91. The van der Waals surface area contributed by atoms with Gasteiger partial charge in [-0.2, -0.15) is 13.2 Å². The van der Waals surface area contributed by atoms with Crippen LogP contribution in [0, 0.1) is 0 Å². The smallest absolute Gasteiger partial charge is 0.375 e. The van der Waals surface area contributed by atoms with Crippen LogP contribution in [0.3, 0.4) is 0 Å². The predicted molar refractivity (Wildman–Crippen MR) is 77.9 cm³/mol. The monoisotopic (exact) mass is 364 g/mol. The number of nitrogen functional groups attached to an aromatic ring is 1. The number of benzene rings is 1. The van der Waals surface area contributed by atoms with Crippen LogP contribution in [0.1, 0.15) is 28.6 Å². The minimum Gasteiger partial charge on any atom is -0.375 e. The van der Waals surface area contributed by atoms with Crippen molar-refractivity contribution in [3.63, 3.8) is 0 Å². The molecule has 1 heterocycles. The minimum absolute atomic E-state index is 0.195. The van der Waals surface area contributed by atoms with Gasteiger partial charge in [0.2, 0.25) is 0 Å². The predicted octanol–water partition coefficient (Wildman–Crippen LogP) is 4.66. The number of hydrogen-bond acceptors (Lipinski definition) is 3. The van der Waals surface area contributed by atoms with Gasteiger partial charge in [-0.15, -0.1) is 11.3 Å². The molecule has 0 aliphatic rings. The Bertz CT molecular complexity index is 623. The fourth-order valence-corrected chi connectivity index (χ4v) is 3.26. The number of rotatable bonds is 3. The number of thiazole rings is 1. The van der Waals surface area contributed by atoms with Crippen molar-refractivity contribution in [2.24, 2.45) is 0 Å². The van der Waals surface area contributed by atoms with Crippen LogP contribution < -0.4 is 5.73 Å². The van der Waals surface area contributed by atoms with Gasteiger partial charge in [-0.1, -0.05) is 28.9 Å². The summed E-state index contributed by atoms with van der Waals surface area (Å²) in [7, 11) is 0. The number of aryl methyl sites for hydroxylation is 1. The van der Waals surface area contributed by atoms with Gasteiger partial charge < -0.3 is 5.73 Å². The summed E-state index contributed by atoms with van der Waals surface area (Å²) in [6, 6.07) is 4.20. The van der Waals surface area contributed by atoms with Gasteiger partial charge >= 0.3 is 6.18 Å². The third-order valence-electron chi connectivity index (χ3n) is 2.86. The maximum absolute atomic E-state index is 13.1. The molecule has 0 radical (unpaired) electrons. The van der Waals surface area contributed by atoms with E-state index in [-0.39, 0.29) is 12.0 Å². The van der Waals surface area contributed by atoms with Crippen molar-refractivity contribution in [1.82, 2.24) is 4.98 Å². The highest BCUT2D eigenvalue weighted by atomic mass is 79.9. The second-order valence-corrected chi connectivity index (χ2v) is 6.28. The number of hydrogen-bond donors (Lipinski definition) is 1. The Hall–Kier alpha value is -1.08. The zero-order valence-electron chi connectivity index (χ0n) is 10.6. The normalized spacial score (nSPS) is 11.8. The second kappa shape index (κ2) is 5.73. The fraction of sp³-hybridized carbons (Fsp3) is 0.308. The van der Waals surface area contributed by atoms with Crippen LogP contribution in [0.25, 0.3) is 0 Å². The largest absolute Gasteiger partial charge is 0.416 e. The maximum Gasteiger partial charge on any atom is 0.416 e. The molecular weight excluding hydrogens is 353 g/mol. The molecule has 2 N–H and O–H groups in total. The molecule has 0 aliphatic carbocycles. The van der Waals surface area contributed by atoms with E-state index in [1.807, 2.05) is 6.92 Å². The highest BCUT2D eigenvalue weighted by molar-refractivity contribution is 9.10. The van der Waals surface area contributed by atoms with E-state index in [2.05, 4.69) is 20.9 Å². The van der Waals surface area contributed by atoms with E-state index < -0.39 is 11.7 Å². The second-order valence-electron chi connectivity index (χ2n) is 4.25. The van der Waals surface area contributed by atoms with Crippen LogP contribution in [0.4, 0.5) is 18.3 Å². The Morgan fingerprint density at radius 3 is 2.65 bits per heavy atom. The van der Waals surface area contributed by atoms with Gasteiger partial charge in [-0.05, 0) is 24.1 Å². The number of nitrogens with two attached hydrogens (primary N) is 1. The van der Waals surface area contributed by atoms with Gasteiger partial charge in [0.05, 0.1) is 11.3 Å². The molecule has 0 atom stereocenters. The molecule has 2 rings (SSSR count). The molecule has 20 heavy (non-hydrogen) atoms. The Morgan fingerprint density at radius 2 is 2.05 bits per heavy atom. The molecule has 108 valence electrons. The summed E-state index contributed by atoms with van der Waals surface area (Å²) < 4.78 is 39.6. The van der Waals surface area contributed by atoms with E-state index >= 15 is 0 Å². The molecule has 0 bridgehead atoms. The van der Waals surface area contributed by atoms with Crippen molar-refractivity contribution in [2.75, 3.05) is 5.73 Å². The van der Waals surface area contributed by atoms with Crippen molar-refractivity contribution >= 4 is 32.4 Å². The first kappa shape index (κ1) is 15.3. The molecule has 0 aliphatic heterocycles. The van der Waals surface area contributed by atoms with E-state index in [0.29, 0.717) is 16.0 Å². The average Bonchev–Trinajstić information content (AvgIpc) is 2.70. The molecule has 0 saturated heterocycles. The lowest BCUT2D eigenvalue weighted by molar-refractivity contribution is -0.138. The molecule has 7 heteroatoms. The summed E-state index contributed by atoms with van der Waals surface area (Å²) >= 11 is 4.32. The lowest BCUT2D eigenvalue weighted by Gasteiger charge is -2.13. The van der Waals surface area contributed by atoms with Crippen LogP contribution in [0.5, 0.6) is 0 Å². The molecule has 1 aromatic carbocycles. The minimum atomic E-state index is -4.37. The first-order valence-corrected chi connectivity index (χ1v) is 7.52. The fourth-order valence-electron chi connectivity index (χ4n) is 1.96. The van der Waals surface area contributed by atoms with E-state index in [4.69, 9.17) is 5.73 Å². The summed E-state index contributed by atoms with van der Waals surface area (Å²) in [5.41, 5.74) is 6.01. The highest BCUT2D eigenvalue weighted by Gasteiger charge is 2.33. The number of nitrogens with zero attached hydrogens (tertiary/aromatic N) is 1. The van der Waals surface area contributed by atoms with Crippen molar-refractivity contribution in [1.29, 1.82) is 0 Å². The summed E-state index contributed by atoms with van der Waals surface area (Å²) in [5.74, 6) is 0. The Kier molecular flexibility index (Phi) is 4.39. The van der Waals surface area contributed by atoms with Gasteiger partial charge in [-0.3, -0.25) is 0 Å². The van der Waals surface area contributed by atoms with Gasteiger partial charge in [0.15, 0.2) is 5.13 Å². The van der Waals surface area contributed by atoms with Gasteiger partial charge in [-0.25, -0.2) is 4.98 Å². The summed E-state index contributed by atoms with van der Waals surface area (Å²) in [5, 5.41) is 0.391. The zero-order chi connectivity index (χ0) is 14.9.